The molecule has 5 nitrogen and oxygen atoms in total. The quantitative estimate of drug-likeness (QED) is 0.807. The molecule has 0 unspecified atom stereocenters. The summed E-state index contributed by atoms with van der Waals surface area (Å²) in [5.41, 5.74) is -1.31. The highest BCUT2D eigenvalue weighted by Gasteiger charge is 2.30. The third kappa shape index (κ3) is 3.79. The zero-order valence-electron chi connectivity index (χ0n) is 11.4. The summed E-state index contributed by atoms with van der Waals surface area (Å²) in [5.74, 6) is -2.57. The van der Waals surface area contributed by atoms with Crippen LogP contribution in [0.3, 0.4) is 0 Å². The second kappa shape index (κ2) is 5.99. The van der Waals surface area contributed by atoms with Crippen LogP contribution in [0.5, 0.6) is 5.75 Å². The second-order valence-corrected chi connectivity index (χ2v) is 4.57. The van der Waals surface area contributed by atoms with E-state index in [9.17, 15) is 27.9 Å². The van der Waals surface area contributed by atoms with Crippen molar-refractivity contribution in [3.63, 3.8) is 0 Å². The van der Waals surface area contributed by atoms with Gasteiger partial charge in [0.15, 0.2) is 0 Å². The predicted octanol–water partition coefficient (Wildman–Crippen LogP) is 3.36. The Morgan fingerprint density at radius 1 is 1.00 bits per heavy atom. The Bertz CT molecular complexity index is 754. The SMILES string of the molecule is O=C(O)c1ccc(O)c(C(=O)Nc2ccc(C(F)(F)F)cc2)c1. The summed E-state index contributed by atoms with van der Waals surface area (Å²) < 4.78 is 37.3. The predicted molar refractivity (Wildman–Crippen MR) is 74.5 cm³/mol. The van der Waals surface area contributed by atoms with Crippen LogP contribution in [-0.2, 0) is 6.18 Å². The smallest absolute Gasteiger partial charge is 0.416 e. The highest BCUT2D eigenvalue weighted by Crippen LogP contribution is 2.30. The van der Waals surface area contributed by atoms with E-state index in [-0.39, 0.29) is 16.8 Å². The maximum atomic E-state index is 12.4. The van der Waals surface area contributed by atoms with E-state index >= 15 is 0 Å². The Balaban J connectivity index is 2.22. The number of carbonyl (C=O) groups excluding carboxylic acids is 1. The first-order valence-corrected chi connectivity index (χ1v) is 6.23. The first kappa shape index (κ1) is 16.3. The fraction of sp³-hybridized carbons (Fsp3) is 0.0667. The summed E-state index contributed by atoms with van der Waals surface area (Å²) in [6, 6.07) is 6.83. The molecular weight excluding hydrogens is 315 g/mol. The maximum absolute atomic E-state index is 12.4. The highest BCUT2D eigenvalue weighted by molar-refractivity contribution is 6.07. The van der Waals surface area contributed by atoms with Gasteiger partial charge in [-0.1, -0.05) is 0 Å². The zero-order valence-corrected chi connectivity index (χ0v) is 11.4. The van der Waals surface area contributed by atoms with Gasteiger partial charge in [-0.25, -0.2) is 4.79 Å². The summed E-state index contributed by atoms with van der Waals surface area (Å²) in [4.78, 5) is 22.9. The summed E-state index contributed by atoms with van der Waals surface area (Å²) in [5, 5.41) is 20.8. The molecule has 0 fully saturated rings. The zero-order chi connectivity index (χ0) is 17.2. The summed E-state index contributed by atoms with van der Waals surface area (Å²) >= 11 is 0. The van der Waals surface area contributed by atoms with Crippen molar-refractivity contribution in [3.8, 4) is 5.75 Å². The van der Waals surface area contributed by atoms with Gasteiger partial charge >= 0.3 is 12.1 Å². The van der Waals surface area contributed by atoms with E-state index in [2.05, 4.69) is 5.32 Å². The van der Waals surface area contributed by atoms with E-state index in [4.69, 9.17) is 5.11 Å². The number of aromatic hydroxyl groups is 1. The molecule has 8 heteroatoms. The number of nitrogens with one attached hydrogen (secondary N) is 1. The Kier molecular flexibility index (Phi) is 4.26. The van der Waals surface area contributed by atoms with Crippen molar-refractivity contribution in [2.24, 2.45) is 0 Å². The molecule has 0 aliphatic carbocycles. The minimum absolute atomic E-state index is 0.0723. The van der Waals surface area contributed by atoms with E-state index < -0.39 is 29.4 Å². The van der Waals surface area contributed by atoms with Gasteiger partial charge in [-0.3, -0.25) is 4.79 Å². The molecule has 23 heavy (non-hydrogen) atoms. The van der Waals surface area contributed by atoms with Crippen molar-refractivity contribution in [1.29, 1.82) is 0 Å². The number of rotatable bonds is 3. The summed E-state index contributed by atoms with van der Waals surface area (Å²) in [6.07, 6.45) is -4.49. The van der Waals surface area contributed by atoms with Crippen LogP contribution >= 0.6 is 0 Å². The van der Waals surface area contributed by atoms with E-state index in [0.29, 0.717) is 0 Å². The van der Waals surface area contributed by atoms with Crippen LogP contribution < -0.4 is 5.32 Å². The molecule has 2 aromatic carbocycles. The van der Waals surface area contributed by atoms with E-state index in [0.717, 1.165) is 42.5 Å². The minimum atomic E-state index is -4.49. The van der Waals surface area contributed by atoms with Gasteiger partial charge in [-0.2, -0.15) is 13.2 Å². The van der Waals surface area contributed by atoms with Gasteiger partial charge in [-0.15, -0.1) is 0 Å². The van der Waals surface area contributed by atoms with Crippen molar-refractivity contribution >= 4 is 17.6 Å². The molecule has 3 N–H and O–H groups in total. The van der Waals surface area contributed by atoms with Crippen molar-refractivity contribution in [3.05, 3.63) is 59.2 Å². The largest absolute Gasteiger partial charge is 0.507 e. The van der Waals surface area contributed by atoms with E-state index in [1.807, 2.05) is 0 Å². The number of phenolic OH excluding ortho intramolecular Hbond substituents is 1. The molecule has 2 rings (SSSR count). The second-order valence-electron chi connectivity index (χ2n) is 4.57. The lowest BCUT2D eigenvalue weighted by atomic mass is 10.1. The number of hydrogen-bond acceptors (Lipinski definition) is 3. The van der Waals surface area contributed by atoms with Gasteiger partial charge in [0, 0.05) is 5.69 Å². The fourth-order valence-corrected chi connectivity index (χ4v) is 1.79. The first-order chi connectivity index (χ1) is 10.7. The Hall–Kier alpha value is -3.03. The molecule has 0 aliphatic heterocycles. The number of hydrogen-bond donors (Lipinski definition) is 3. The molecule has 0 aromatic heterocycles. The number of carbonyl (C=O) groups is 2. The van der Waals surface area contributed by atoms with Crippen molar-refractivity contribution in [1.82, 2.24) is 0 Å². The standard InChI is InChI=1S/C15H10F3NO4/c16-15(17,18)9-2-4-10(5-3-9)19-13(21)11-7-8(14(22)23)1-6-12(11)20/h1-7,20H,(H,19,21)(H,22,23). The average molecular weight is 325 g/mol. The number of carboxylic acids is 1. The van der Waals surface area contributed by atoms with Gasteiger partial charge in [-0.05, 0) is 42.5 Å². The molecule has 0 saturated heterocycles. The Morgan fingerprint density at radius 3 is 2.13 bits per heavy atom. The molecule has 0 saturated carbocycles. The maximum Gasteiger partial charge on any atom is 0.416 e. The summed E-state index contributed by atoms with van der Waals surface area (Å²) in [7, 11) is 0. The minimum Gasteiger partial charge on any atom is -0.507 e. The number of amides is 1. The molecule has 0 heterocycles. The number of aromatic carboxylic acids is 1. The van der Waals surface area contributed by atoms with Crippen molar-refractivity contribution < 1.29 is 33.0 Å². The molecular formula is C15H10F3NO4. The molecule has 0 atom stereocenters. The number of benzene rings is 2. The fourth-order valence-electron chi connectivity index (χ4n) is 1.79. The molecule has 0 spiro atoms. The molecule has 1 amide bonds. The first-order valence-electron chi connectivity index (χ1n) is 6.23. The van der Waals surface area contributed by atoms with Gasteiger partial charge in [0.2, 0.25) is 0 Å². The van der Waals surface area contributed by atoms with Crippen LogP contribution in [-0.4, -0.2) is 22.1 Å². The van der Waals surface area contributed by atoms with Crippen molar-refractivity contribution in [2.45, 2.75) is 6.18 Å². The Morgan fingerprint density at radius 2 is 1.61 bits per heavy atom. The lowest BCUT2D eigenvalue weighted by molar-refractivity contribution is -0.137. The molecule has 0 aliphatic rings. The third-order valence-corrected chi connectivity index (χ3v) is 2.96. The molecule has 0 bridgehead atoms. The monoisotopic (exact) mass is 325 g/mol. The highest BCUT2D eigenvalue weighted by atomic mass is 19.4. The summed E-state index contributed by atoms with van der Waals surface area (Å²) in [6.45, 7) is 0. The number of alkyl halides is 3. The van der Waals surface area contributed by atoms with Crippen molar-refractivity contribution in [2.75, 3.05) is 5.32 Å². The van der Waals surface area contributed by atoms with Crippen LogP contribution in [0.2, 0.25) is 0 Å². The van der Waals surface area contributed by atoms with Crippen LogP contribution in [0.25, 0.3) is 0 Å². The van der Waals surface area contributed by atoms with Crippen LogP contribution in [0.4, 0.5) is 18.9 Å². The molecule has 2 aromatic rings. The van der Waals surface area contributed by atoms with Crippen LogP contribution in [0, 0.1) is 0 Å². The lowest BCUT2D eigenvalue weighted by Crippen LogP contribution is -2.13. The molecule has 120 valence electrons. The third-order valence-electron chi connectivity index (χ3n) is 2.96. The topological polar surface area (TPSA) is 86.6 Å². The van der Waals surface area contributed by atoms with Gasteiger partial charge in [0.25, 0.3) is 5.91 Å². The number of halogens is 3. The Labute approximate surface area is 128 Å². The number of carboxylic acid groups (broad SMARTS) is 1. The van der Waals surface area contributed by atoms with E-state index in [1.165, 1.54) is 0 Å². The number of anilines is 1. The van der Waals surface area contributed by atoms with Gasteiger partial charge in [0.1, 0.15) is 5.75 Å². The lowest BCUT2D eigenvalue weighted by Gasteiger charge is -2.10. The average Bonchev–Trinajstić information content (AvgIpc) is 2.47. The van der Waals surface area contributed by atoms with Crippen LogP contribution in [0.15, 0.2) is 42.5 Å². The molecule has 0 radical (unpaired) electrons. The van der Waals surface area contributed by atoms with E-state index in [1.54, 1.807) is 0 Å². The van der Waals surface area contributed by atoms with Crippen LogP contribution in [0.1, 0.15) is 26.3 Å². The normalized spacial score (nSPS) is 11.1. The van der Waals surface area contributed by atoms with Gasteiger partial charge in [0.05, 0.1) is 16.7 Å². The number of phenols is 1. The van der Waals surface area contributed by atoms with Gasteiger partial charge < -0.3 is 15.5 Å².